The fourth-order valence-corrected chi connectivity index (χ4v) is 5.18. The number of aryl methyl sites for hydroxylation is 1. The second-order valence-electron chi connectivity index (χ2n) is 7.89. The summed E-state index contributed by atoms with van der Waals surface area (Å²) >= 11 is 2.96. The molecule has 0 saturated carbocycles. The highest BCUT2D eigenvalue weighted by Gasteiger charge is 2.13. The van der Waals surface area contributed by atoms with E-state index >= 15 is 0 Å². The fraction of sp³-hybridized carbons (Fsp3) is 0.111. The van der Waals surface area contributed by atoms with Gasteiger partial charge in [0, 0.05) is 47.4 Å². The molecule has 1 N–H and O–H groups in total. The Morgan fingerprint density at radius 1 is 0.611 bits per heavy atom. The molecule has 0 atom stereocenters. The Hall–Kier alpha value is -3.82. The lowest BCUT2D eigenvalue weighted by atomic mass is 10.1. The molecule has 0 bridgehead atoms. The molecule has 5 aromatic rings. The van der Waals surface area contributed by atoms with Crippen LogP contribution in [0.3, 0.4) is 0 Å². The van der Waals surface area contributed by atoms with E-state index in [9.17, 15) is 5.11 Å². The third kappa shape index (κ3) is 5.87. The maximum atomic E-state index is 11.0. The Labute approximate surface area is 217 Å². The van der Waals surface area contributed by atoms with Crippen LogP contribution in [0.2, 0.25) is 0 Å². The average molecular weight is 511 g/mol. The minimum Gasteiger partial charge on any atom is -0.507 e. The summed E-state index contributed by atoms with van der Waals surface area (Å²) in [5.74, 6) is 1.37. The van der Waals surface area contributed by atoms with Gasteiger partial charge in [-0.2, -0.15) is 0 Å². The van der Waals surface area contributed by atoms with E-state index in [2.05, 4.69) is 29.9 Å². The molecular weight excluding hydrogens is 488 g/mol. The van der Waals surface area contributed by atoms with Gasteiger partial charge in [0.25, 0.3) is 0 Å². The highest BCUT2D eigenvalue weighted by molar-refractivity contribution is 7.98. The van der Waals surface area contributed by atoms with Crippen molar-refractivity contribution >= 4 is 23.5 Å². The Bertz CT molecular complexity index is 1360. The smallest absolute Gasteiger partial charge is 0.188 e. The van der Waals surface area contributed by atoms with Crippen LogP contribution >= 0.6 is 23.5 Å². The van der Waals surface area contributed by atoms with E-state index in [0.29, 0.717) is 21.8 Å². The molecule has 0 saturated heterocycles. The first kappa shape index (κ1) is 23.9. The summed E-state index contributed by atoms with van der Waals surface area (Å²) in [6.45, 7) is 2.03. The second kappa shape index (κ2) is 11.3. The zero-order valence-corrected chi connectivity index (χ0v) is 21.1. The summed E-state index contributed by atoms with van der Waals surface area (Å²) in [4.78, 5) is 26.7. The van der Waals surface area contributed by atoms with Gasteiger partial charge in [0.1, 0.15) is 5.75 Å². The molecule has 7 nitrogen and oxygen atoms in total. The van der Waals surface area contributed by atoms with Crippen LogP contribution in [-0.4, -0.2) is 35.0 Å². The lowest BCUT2D eigenvalue weighted by molar-refractivity contribution is 0.465. The van der Waals surface area contributed by atoms with E-state index in [0.717, 1.165) is 39.5 Å². The Morgan fingerprint density at radius 2 is 1.11 bits per heavy atom. The van der Waals surface area contributed by atoms with E-state index in [1.54, 1.807) is 24.8 Å². The summed E-state index contributed by atoms with van der Waals surface area (Å²) in [5.41, 5.74) is 5.89. The zero-order valence-electron chi connectivity index (χ0n) is 19.4. The molecule has 0 unspecified atom stereocenters. The van der Waals surface area contributed by atoms with Gasteiger partial charge in [-0.05, 0) is 43.3 Å². The van der Waals surface area contributed by atoms with Crippen molar-refractivity contribution in [1.82, 2.24) is 29.9 Å². The van der Waals surface area contributed by atoms with Gasteiger partial charge in [0.2, 0.25) is 0 Å². The van der Waals surface area contributed by atoms with Crippen molar-refractivity contribution in [3.8, 4) is 28.5 Å². The van der Waals surface area contributed by atoms with Crippen molar-refractivity contribution in [3.05, 3.63) is 102 Å². The minimum absolute atomic E-state index is 0.280. The molecule has 1 aromatic carbocycles. The lowest BCUT2D eigenvalue weighted by Gasteiger charge is -2.11. The normalized spacial score (nSPS) is 10.9. The van der Waals surface area contributed by atoms with Crippen LogP contribution in [0.25, 0.3) is 22.8 Å². The van der Waals surface area contributed by atoms with E-state index in [4.69, 9.17) is 0 Å². The van der Waals surface area contributed by atoms with Crippen LogP contribution in [0, 0.1) is 6.92 Å². The predicted octanol–water partition coefficient (Wildman–Crippen LogP) is 5.99. The van der Waals surface area contributed by atoms with Crippen LogP contribution in [-0.2, 0) is 11.5 Å². The number of aromatic hydroxyl groups is 1. The molecule has 9 heteroatoms. The van der Waals surface area contributed by atoms with Gasteiger partial charge in [-0.1, -0.05) is 53.4 Å². The van der Waals surface area contributed by atoms with Crippen molar-refractivity contribution in [2.45, 2.75) is 28.7 Å². The minimum atomic E-state index is 0.280. The largest absolute Gasteiger partial charge is 0.507 e. The number of hydrogen-bond donors (Lipinski definition) is 1. The molecule has 0 aliphatic carbocycles. The number of pyridine rings is 2. The summed E-state index contributed by atoms with van der Waals surface area (Å²) in [6, 6.07) is 19.1. The van der Waals surface area contributed by atoms with Crippen LogP contribution in [0.1, 0.15) is 16.7 Å². The number of rotatable bonds is 8. The lowest BCUT2D eigenvalue weighted by Crippen LogP contribution is -1.95. The maximum Gasteiger partial charge on any atom is 0.188 e. The molecule has 4 heterocycles. The van der Waals surface area contributed by atoms with Gasteiger partial charge >= 0.3 is 0 Å². The number of phenolic OH excluding ortho intramolecular Hbond substituents is 1. The van der Waals surface area contributed by atoms with E-state index in [1.807, 2.05) is 67.6 Å². The molecular formula is C27H22N6OS2. The van der Waals surface area contributed by atoms with Gasteiger partial charge in [-0.15, -0.1) is 0 Å². The Morgan fingerprint density at radius 3 is 1.56 bits per heavy atom. The third-order valence-electron chi connectivity index (χ3n) is 5.25. The molecule has 178 valence electrons. The van der Waals surface area contributed by atoms with Gasteiger partial charge in [-0.3, -0.25) is 9.97 Å². The van der Waals surface area contributed by atoms with Crippen LogP contribution in [0.5, 0.6) is 5.75 Å². The highest BCUT2D eigenvalue weighted by atomic mass is 32.2. The SMILES string of the molecule is Cc1cc(CSc2nccc(-c3ccccn3)n2)c(O)c(CSc2nccc(-c3ccccn3)n2)c1. The average Bonchev–Trinajstić information content (AvgIpc) is 2.94. The van der Waals surface area contributed by atoms with Crippen LogP contribution < -0.4 is 0 Å². The molecule has 0 aliphatic heterocycles. The summed E-state index contributed by atoms with van der Waals surface area (Å²) in [6.07, 6.45) is 6.95. The molecule has 0 radical (unpaired) electrons. The Kier molecular flexibility index (Phi) is 7.49. The second-order valence-corrected chi connectivity index (χ2v) is 9.77. The third-order valence-corrected chi connectivity index (χ3v) is 7.07. The van der Waals surface area contributed by atoms with E-state index in [1.165, 1.54) is 23.5 Å². The van der Waals surface area contributed by atoms with Crippen molar-refractivity contribution in [2.24, 2.45) is 0 Å². The molecule has 36 heavy (non-hydrogen) atoms. The molecule has 5 rings (SSSR count). The first-order valence-corrected chi connectivity index (χ1v) is 13.2. The van der Waals surface area contributed by atoms with E-state index < -0.39 is 0 Å². The van der Waals surface area contributed by atoms with Crippen LogP contribution in [0.15, 0.2) is 95.8 Å². The Balaban J connectivity index is 1.29. The van der Waals surface area contributed by atoms with Crippen molar-refractivity contribution in [2.75, 3.05) is 0 Å². The molecule has 0 fully saturated rings. The molecule has 0 amide bonds. The topological polar surface area (TPSA) is 97.6 Å². The number of aromatic nitrogens is 6. The summed E-state index contributed by atoms with van der Waals surface area (Å²) in [7, 11) is 0. The number of benzene rings is 1. The zero-order chi connectivity index (χ0) is 24.7. The quantitative estimate of drug-likeness (QED) is 0.199. The van der Waals surface area contributed by atoms with Crippen molar-refractivity contribution < 1.29 is 5.11 Å². The van der Waals surface area contributed by atoms with Gasteiger partial charge in [-0.25, -0.2) is 19.9 Å². The monoisotopic (exact) mass is 510 g/mol. The van der Waals surface area contributed by atoms with Crippen molar-refractivity contribution in [1.29, 1.82) is 0 Å². The van der Waals surface area contributed by atoms with Gasteiger partial charge < -0.3 is 5.11 Å². The fourth-order valence-electron chi connectivity index (χ4n) is 3.57. The first-order valence-electron chi connectivity index (χ1n) is 11.2. The van der Waals surface area contributed by atoms with Gasteiger partial charge in [0.05, 0.1) is 22.8 Å². The molecule has 0 spiro atoms. The standard InChI is InChI=1S/C27H22N6OS2/c1-18-14-19(16-35-26-30-12-8-23(32-26)21-6-2-4-10-28-21)25(34)20(15-18)17-36-27-31-13-9-24(33-27)22-7-3-5-11-29-22/h2-15,34H,16-17H2,1H3. The first-order chi connectivity index (χ1) is 17.7. The number of nitrogens with zero attached hydrogens (tertiary/aromatic N) is 6. The molecule has 0 aliphatic rings. The van der Waals surface area contributed by atoms with Crippen LogP contribution in [0.4, 0.5) is 0 Å². The van der Waals surface area contributed by atoms with E-state index in [-0.39, 0.29) is 5.75 Å². The predicted molar refractivity (Wildman–Crippen MR) is 142 cm³/mol. The number of thioether (sulfide) groups is 2. The number of hydrogen-bond acceptors (Lipinski definition) is 9. The highest BCUT2D eigenvalue weighted by Crippen LogP contribution is 2.33. The van der Waals surface area contributed by atoms with Gasteiger partial charge in [0.15, 0.2) is 10.3 Å². The summed E-state index contributed by atoms with van der Waals surface area (Å²) in [5, 5.41) is 12.3. The maximum absolute atomic E-state index is 11.0. The summed E-state index contributed by atoms with van der Waals surface area (Å²) < 4.78 is 0. The van der Waals surface area contributed by atoms with Crippen molar-refractivity contribution in [3.63, 3.8) is 0 Å². The molecule has 4 aromatic heterocycles. The number of phenols is 1.